The van der Waals surface area contributed by atoms with Crippen LogP contribution in [0.4, 0.5) is 5.69 Å². The third kappa shape index (κ3) is 6.22. The first kappa shape index (κ1) is 23.5. The van der Waals surface area contributed by atoms with E-state index in [0.717, 1.165) is 49.4 Å². The lowest BCUT2D eigenvalue weighted by Crippen LogP contribution is -2.35. The van der Waals surface area contributed by atoms with Crippen LogP contribution in [0.5, 0.6) is 5.75 Å². The molecule has 2 aromatic rings. The van der Waals surface area contributed by atoms with Gasteiger partial charge >= 0.3 is 0 Å². The molecule has 0 unspecified atom stereocenters. The highest BCUT2D eigenvalue weighted by Crippen LogP contribution is 2.32. The molecule has 1 atom stereocenters. The maximum Gasteiger partial charge on any atom is 0.255 e. The van der Waals surface area contributed by atoms with E-state index in [1.54, 1.807) is 26.0 Å². The number of aliphatic hydroxyl groups is 1. The molecule has 0 aromatic heterocycles. The zero-order chi connectivity index (χ0) is 23.4. The number of amides is 1. The van der Waals surface area contributed by atoms with Crippen molar-refractivity contribution < 1.29 is 19.4 Å². The lowest BCUT2D eigenvalue weighted by Gasteiger charge is -2.17. The average Bonchev–Trinajstić information content (AvgIpc) is 3.44. The molecule has 4 rings (SSSR count). The van der Waals surface area contributed by atoms with Crippen molar-refractivity contribution in [3.8, 4) is 5.75 Å². The Kier molecular flexibility index (Phi) is 7.17. The van der Waals surface area contributed by atoms with Gasteiger partial charge in [-0.25, -0.2) is 0 Å². The van der Waals surface area contributed by atoms with Gasteiger partial charge in [0.05, 0.1) is 11.7 Å². The van der Waals surface area contributed by atoms with Crippen LogP contribution < -0.4 is 15.4 Å². The summed E-state index contributed by atoms with van der Waals surface area (Å²) >= 11 is 0. The molecule has 1 saturated heterocycles. The molecule has 6 nitrogen and oxygen atoms in total. The highest BCUT2D eigenvalue weighted by molar-refractivity contribution is 6.05. The third-order valence-corrected chi connectivity index (χ3v) is 6.11. The number of anilines is 1. The average molecular weight is 451 g/mol. The number of fused-ring (bicyclic) bond motifs is 1. The van der Waals surface area contributed by atoms with E-state index < -0.39 is 5.60 Å². The van der Waals surface area contributed by atoms with E-state index in [-0.39, 0.29) is 12.0 Å². The van der Waals surface area contributed by atoms with Gasteiger partial charge in [-0.05, 0) is 87.1 Å². The number of benzene rings is 2. The topological polar surface area (TPSA) is 79.8 Å². The molecule has 0 radical (unpaired) electrons. The first-order chi connectivity index (χ1) is 15.8. The van der Waals surface area contributed by atoms with Crippen molar-refractivity contribution in [2.24, 2.45) is 0 Å². The van der Waals surface area contributed by atoms with E-state index in [4.69, 9.17) is 9.47 Å². The zero-order valence-corrected chi connectivity index (χ0v) is 19.7. The molecule has 6 heteroatoms. The van der Waals surface area contributed by atoms with E-state index >= 15 is 0 Å². The summed E-state index contributed by atoms with van der Waals surface area (Å²) in [7, 11) is 0. The molecular formula is C27H34N2O4. The zero-order valence-electron chi connectivity index (χ0n) is 19.7. The van der Waals surface area contributed by atoms with Crippen molar-refractivity contribution in [2.75, 3.05) is 31.6 Å². The summed E-state index contributed by atoms with van der Waals surface area (Å²) in [5.41, 5.74) is 5.46. The molecule has 1 heterocycles. The van der Waals surface area contributed by atoms with Crippen molar-refractivity contribution in [2.45, 2.75) is 51.7 Å². The summed E-state index contributed by atoms with van der Waals surface area (Å²) in [6.07, 6.45) is 5.37. The molecule has 0 bridgehead atoms. The predicted octanol–water partition coefficient (Wildman–Crippen LogP) is 4.11. The number of nitrogens with one attached hydrogen (secondary N) is 2. The van der Waals surface area contributed by atoms with E-state index in [9.17, 15) is 9.90 Å². The fourth-order valence-corrected chi connectivity index (χ4v) is 4.28. The van der Waals surface area contributed by atoms with Crippen LogP contribution in [0.1, 0.15) is 53.7 Å². The molecule has 176 valence electrons. The second-order valence-electron chi connectivity index (χ2n) is 9.63. The third-order valence-electron chi connectivity index (χ3n) is 6.11. The van der Waals surface area contributed by atoms with Crippen LogP contribution in [0.15, 0.2) is 42.0 Å². The highest BCUT2D eigenvalue weighted by atomic mass is 16.5. The van der Waals surface area contributed by atoms with E-state index in [0.29, 0.717) is 18.7 Å². The summed E-state index contributed by atoms with van der Waals surface area (Å²) in [5, 5.41) is 16.2. The Labute approximate surface area is 196 Å². The van der Waals surface area contributed by atoms with Gasteiger partial charge in [-0.15, -0.1) is 0 Å². The molecular weight excluding hydrogens is 416 g/mol. The van der Waals surface area contributed by atoms with Crippen LogP contribution in [-0.2, 0) is 11.2 Å². The maximum atomic E-state index is 12.8. The summed E-state index contributed by atoms with van der Waals surface area (Å²) < 4.78 is 11.4. The normalized spacial score (nSPS) is 17.6. The van der Waals surface area contributed by atoms with Gasteiger partial charge in [0.2, 0.25) is 0 Å². The number of carbonyl (C=O) groups excluding carboxylic acids is 1. The molecule has 33 heavy (non-hydrogen) atoms. The van der Waals surface area contributed by atoms with Gasteiger partial charge in [0.1, 0.15) is 12.4 Å². The maximum absolute atomic E-state index is 12.8. The van der Waals surface area contributed by atoms with Crippen molar-refractivity contribution in [3.05, 3.63) is 64.2 Å². The molecule has 0 saturated carbocycles. The Bertz CT molecular complexity index is 1020. The monoisotopic (exact) mass is 450 g/mol. The van der Waals surface area contributed by atoms with E-state index in [2.05, 4.69) is 22.8 Å². The van der Waals surface area contributed by atoms with Crippen LogP contribution in [0.25, 0.3) is 6.08 Å². The number of hydrogen-bond acceptors (Lipinski definition) is 5. The number of ether oxygens (including phenoxy) is 2. The number of rotatable bonds is 9. The molecule has 1 aliphatic heterocycles. The highest BCUT2D eigenvalue weighted by Gasteiger charge is 2.19. The Balaban J connectivity index is 1.35. The first-order valence-corrected chi connectivity index (χ1v) is 11.7. The number of carbonyl (C=O) groups is 1. The largest absolute Gasteiger partial charge is 0.491 e. The van der Waals surface area contributed by atoms with Crippen molar-refractivity contribution in [3.63, 3.8) is 0 Å². The van der Waals surface area contributed by atoms with Gasteiger partial charge in [-0.1, -0.05) is 17.7 Å². The van der Waals surface area contributed by atoms with Gasteiger partial charge in [0.25, 0.3) is 5.91 Å². The summed E-state index contributed by atoms with van der Waals surface area (Å²) in [6, 6.07) is 11.3. The lowest BCUT2D eigenvalue weighted by molar-refractivity contribution is 0.0679. The summed E-state index contributed by atoms with van der Waals surface area (Å²) in [6.45, 7) is 8.26. The molecule has 1 aliphatic carbocycles. The van der Waals surface area contributed by atoms with Gasteiger partial charge in [0.15, 0.2) is 0 Å². The van der Waals surface area contributed by atoms with Crippen molar-refractivity contribution in [1.29, 1.82) is 0 Å². The van der Waals surface area contributed by atoms with Crippen LogP contribution >= 0.6 is 0 Å². The first-order valence-electron chi connectivity index (χ1n) is 11.7. The predicted molar refractivity (Wildman–Crippen MR) is 131 cm³/mol. The second kappa shape index (κ2) is 10.1. The molecule has 1 amide bonds. The Hall–Kier alpha value is -2.67. The second-order valence-corrected chi connectivity index (χ2v) is 9.63. The van der Waals surface area contributed by atoms with Gasteiger partial charge in [0, 0.05) is 30.9 Å². The van der Waals surface area contributed by atoms with E-state index in [1.807, 2.05) is 25.1 Å². The van der Waals surface area contributed by atoms with Crippen LogP contribution in [-0.4, -0.2) is 49.0 Å². The van der Waals surface area contributed by atoms with Gasteiger partial charge in [-0.3, -0.25) is 4.79 Å². The fraction of sp³-hybridized carbons (Fsp3) is 0.444. The molecule has 2 aliphatic rings. The van der Waals surface area contributed by atoms with Crippen LogP contribution in [0, 0.1) is 6.92 Å². The van der Waals surface area contributed by atoms with Crippen molar-refractivity contribution >= 4 is 17.7 Å². The van der Waals surface area contributed by atoms with Crippen LogP contribution in [0.2, 0.25) is 0 Å². The minimum atomic E-state index is -0.728. The van der Waals surface area contributed by atoms with Gasteiger partial charge in [-0.2, -0.15) is 0 Å². The Morgan fingerprint density at radius 1 is 1.21 bits per heavy atom. The van der Waals surface area contributed by atoms with Gasteiger partial charge < -0.3 is 25.2 Å². The van der Waals surface area contributed by atoms with E-state index in [1.165, 1.54) is 16.7 Å². The van der Waals surface area contributed by atoms with Crippen molar-refractivity contribution in [1.82, 2.24) is 5.32 Å². The molecule has 2 aromatic carbocycles. The number of hydrogen-bond donors (Lipinski definition) is 3. The Morgan fingerprint density at radius 3 is 2.70 bits per heavy atom. The summed E-state index contributed by atoms with van der Waals surface area (Å²) in [5.74, 6) is 0.601. The Morgan fingerprint density at radius 2 is 2.00 bits per heavy atom. The standard InChI is InChI=1S/C27H34N2O4/c1-18-24-14-19(15-28-17-27(2,3)31)13-21(24)8-11-25(18)29-26(30)20-6-9-22(10-7-20)33-16-23-5-4-12-32-23/h6-11,14,23,28,31H,4-5,12-13,15-17H2,1-3H3,(H,29,30)/t23-/m0/s1. The lowest BCUT2D eigenvalue weighted by atomic mass is 10.0. The molecule has 0 spiro atoms. The minimum absolute atomic E-state index is 0.141. The smallest absolute Gasteiger partial charge is 0.255 e. The SMILES string of the molecule is Cc1c(NC(=O)c2ccc(OC[C@@H]3CCCO3)cc2)ccc2c1C=C(CNCC(C)(C)O)C2. The molecule has 1 fully saturated rings. The quantitative estimate of drug-likeness (QED) is 0.536. The molecule has 3 N–H and O–H groups in total. The fourth-order valence-electron chi connectivity index (χ4n) is 4.28. The summed E-state index contributed by atoms with van der Waals surface area (Å²) in [4.78, 5) is 12.8. The van der Waals surface area contributed by atoms with Crippen LogP contribution in [0.3, 0.4) is 0 Å². The minimum Gasteiger partial charge on any atom is -0.491 e.